The van der Waals surface area contributed by atoms with Gasteiger partial charge in [0.15, 0.2) is 0 Å². The highest BCUT2D eigenvalue weighted by molar-refractivity contribution is 9.11. The Morgan fingerprint density at radius 2 is 1.95 bits per heavy atom. The third-order valence-electron chi connectivity index (χ3n) is 2.98. The molecule has 2 aromatic carbocycles. The Kier molecular flexibility index (Phi) is 4.09. The van der Waals surface area contributed by atoms with Crippen molar-refractivity contribution in [3.63, 3.8) is 0 Å². The van der Waals surface area contributed by atoms with Crippen molar-refractivity contribution in [3.05, 3.63) is 56.2 Å². The van der Waals surface area contributed by atoms with Gasteiger partial charge in [0.1, 0.15) is 5.82 Å². The summed E-state index contributed by atoms with van der Waals surface area (Å²) in [5.41, 5.74) is 2.81. The fraction of sp³-hybridized carbons (Fsp3) is 0.0714. The minimum absolute atomic E-state index is 0.325. The van der Waals surface area contributed by atoms with Crippen LogP contribution >= 0.6 is 55.1 Å². The van der Waals surface area contributed by atoms with Crippen LogP contribution in [0.5, 0.6) is 0 Å². The van der Waals surface area contributed by atoms with Gasteiger partial charge < -0.3 is 0 Å². The van der Waals surface area contributed by atoms with E-state index in [-0.39, 0.29) is 0 Å². The number of alkyl halides is 1. The lowest BCUT2D eigenvalue weighted by molar-refractivity contribution is 0.977. The Labute approximate surface area is 143 Å². The quantitative estimate of drug-likeness (QED) is 0.456. The van der Waals surface area contributed by atoms with Gasteiger partial charge in [0.2, 0.25) is 0 Å². The molecule has 0 saturated carbocycles. The third kappa shape index (κ3) is 2.39. The minimum atomic E-state index is 0.325. The molecule has 0 unspecified atom stereocenters. The number of fused-ring (bicyclic) bond motifs is 1. The SMILES string of the molecule is ClCc1nc2ccc(Br)cc2n1-c1cccc(Cl)c1Br. The van der Waals surface area contributed by atoms with Crippen LogP contribution < -0.4 is 0 Å². The van der Waals surface area contributed by atoms with Crippen LogP contribution in [0.25, 0.3) is 16.7 Å². The maximum atomic E-state index is 6.19. The molecule has 20 heavy (non-hydrogen) atoms. The maximum absolute atomic E-state index is 6.19. The second kappa shape index (κ2) is 5.68. The molecule has 0 aliphatic rings. The Balaban J connectivity index is 2.39. The van der Waals surface area contributed by atoms with Gasteiger partial charge in [-0.3, -0.25) is 4.57 Å². The van der Waals surface area contributed by atoms with Crippen molar-refractivity contribution in [1.29, 1.82) is 0 Å². The predicted molar refractivity (Wildman–Crippen MR) is 91.0 cm³/mol. The first-order valence-electron chi connectivity index (χ1n) is 5.79. The standard InChI is InChI=1S/C14H8Br2Cl2N2/c15-8-4-5-10-12(6-8)20(13(7-17)19-10)11-3-1-2-9(18)14(11)16/h1-6H,7H2. The molecular formula is C14H8Br2Cl2N2. The number of hydrogen-bond acceptors (Lipinski definition) is 1. The van der Waals surface area contributed by atoms with Gasteiger partial charge in [0.25, 0.3) is 0 Å². The highest BCUT2D eigenvalue weighted by Gasteiger charge is 2.15. The Morgan fingerprint density at radius 1 is 1.15 bits per heavy atom. The Hall–Kier alpha value is -0.550. The average Bonchev–Trinajstić information content (AvgIpc) is 2.79. The average molecular weight is 435 g/mol. The fourth-order valence-corrected chi connectivity index (χ4v) is 3.26. The number of imidazole rings is 1. The smallest absolute Gasteiger partial charge is 0.129 e. The summed E-state index contributed by atoms with van der Waals surface area (Å²) in [5, 5.41) is 0.653. The molecule has 0 amide bonds. The van der Waals surface area contributed by atoms with Gasteiger partial charge in [-0.15, -0.1) is 11.6 Å². The number of aromatic nitrogens is 2. The number of rotatable bonds is 2. The first-order chi connectivity index (χ1) is 9.61. The van der Waals surface area contributed by atoms with Crippen LogP contribution in [-0.4, -0.2) is 9.55 Å². The summed E-state index contributed by atoms with van der Waals surface area (Å²) in [7, 11) is 0. The molecule has 0 N–H and O–H groups in total. The van der Waals surface area contributed by atoms with Gasteiger partial charge in [-0.1, -0.05) is 33.6 Å². The Bertz CT molecular complexity index is 799. The largest absolute Gasteiger partial charge is 0.294 e. The van der Waals surface area contributed by atoms with Crippen LogP contribution in [-0.2, 0) is 5.88 Å². The van der Waals surface area contributed by atoms with Gasteiger partial charge in [-0.25, -0.2) is 4.98 Å². The van der Waals surface area contributed by atoms with Crippen LogP contribution in [0.2, 0.25) is 5.02 Å². The monoisotopic (exact) mass is 432 g/mol. The van der Waals surface area contributed by atoms with E-state index >= 15 is 0 Å². The van der Waals surface area contributed by atoms with Gasteiger partial charge in [0, 0.05) is 4.47 Å². The first-order valence-corrected chi connectivity index (χ1v) is 8.29. The van der Waals surface area contributed by atoms with E-state index in [1.54, 1.807) is 0 Å². The van der Waals surface area contributed by atoms with Crippen LogP contribution in [0.15, 0.2) is 45.3 Å². The van der Waals surface area contributed by atoms with Crippen molar-refractivity contribution >= 4 is 66.1 Å². The van der Waals surface area contributed by atoms with E-state index < -0.39 is 0 Å². The van der Waals surface area contributed by atoms with Crippen LogP contribution in [0.3, 0.4) is 0 Å². The van der Waals surface area contributed by atoms with Crippen LogP contribution in [0, 0.1) is 0 Å². The molecular weight excluding hydrogens is 427 g/mol. The lowest BCUT2D eigenvalue weighted by Gasteiger charge is -2.11. The molecule has 0 fully saturated rings. The molecule has 0 aliphatic heterocycles. The molecule has 0 saturated heterocycles. The van der Waals surface area contributed by atoms with Crippen molar-refractivity contribution in [2.75, 3.05) is 0 Å². The molecule has 3 rings (SSSR count). The highest BCUT2D eigenvalue weighted by Crippen LogP contribution is 2.33. The second-order valence-electron chi connectivity index (χ2n) is 4.20. The van der Waals surface area contributed by atoms with E-state index in [0.717, 1.165) is 31.5 Å². The van der Waals surface area contributed by atoms with Gasteiger partial charge in [-0.2, -0.15) is 0 Å². The van der Waals surface area contributed by atoms with Gasteiger partial charge >= 0.3 is 0 Å². The zero-order valence-corrected chi connectivity index (χ0v) is 14.8. The first kappa shape index (κ1) is 14.4. The topological polar surface area (TPSA) is 17.8 Å². The van der Waals surface area contributed by atoms with E-state index in [1.807, 2.05) is 41.0 Å². The molecule has 0 spiro atoms. The molecule has 0 bridgehead atoms. The lowest BCUT2D eigenvalue weighted by Crippen LogP contribution is -2.00. The maximum Gasteiger partial charge on any atom is 0.129 e. The van der Waals surface area contributed by atoms with Crippen molar-refractivity contribution in [2.45, 2.75) is 5.88 Å². The summed E-state index contributed by atoms with van der Waals surface area (Å²) in [6.07, 6.45) is 0. The van der Waals surface area contributed by atoms with E-state index in [1.165, 1.54) is 0 Å². The predicted octanol–water partition coefficient (Wildman–Crippen LogP) is 5.94. The molecule has 0 radical (unpaired) electrons. The fourth-order valence-electron chi connectivity index (χ4n) is 2.12. The molecule has 2 nitrogen and oxygen atoms in total. The van der Waals surface area contributed by atoms with E-state index in [9.17, 15) is 0 Å². The molecule has 3 aromatic rings. The molecule has 0 aliphatic carbocycles. The Morgan fingerprint density at radius 3 is 2.70 bits per heavy atom. The molecule has 102 valence electrons. The minimum Gasteiger partial charge on any atom is -0.294 e. The lowest BCUT2D eigenvalue weighted by atomic mass is 10.3. The summed E-state index contributed by atoms with van der Waals surface area (Å²) in [6, 6.07) is 11.7. The number of hydrogen-bond donors (Lipinski definition) is 0. The highest BCUT2D eigenvalue weighted by atomic mass is 79.9. The van der Waals surface area contributed by atoms with E-state index in [0.29, 0.717) is 10.9 Å². The molecule has 1 aromatic heterocycles. The summed E-state index contributed by atoms with van der Waals surface area (Å²) >= 11 is 19.3. The van der Waals surface area contributed by atoms with Crippen molar-refractivity contribution in [1.82, 2.24) is 9.55 Å². The summed E-state index contributed by atoms with van der Waals surface area (Å²) in [6.45, 7) is 0. The number of nitrogens with zero attached hydrogens (tertiary/aromatic N) is 2. The summed E-state index contributed by atoms with van der Waals surface area (Å²) in [4.78, 5) is 4.57. The van der Waals surface area contributed by atoms with Crippen molar-refractivity contribution in [3.8, 4) is 5.69 Å². The second-order valence-corrected chi connectivity index (χ2v) is 6.59. The van der Waals surface area contributed by atoms with Crippen molar-refractivity contribution in [2.24, 2.45) is 0 Å². The molecule has 0 atom stereocenters. The normalized spacial score (nSPS) is 11.2. The van der Waals surface area contributed by atoms with Gasteiger partial charge in [-0.05, 0) is 46.3 Å². The van der Waals surface area contributed by atoms with E-state index in [4.69, 9.17) is 23.2 Å². The zero-order chi connectivity index (χ0) is 14.3. The summed E-state index contributed by atoms with van der Waals surface area (Å²) < 4.78 is 3.83. The molecule has 6 heteroatoms. The summed E-state index contributed by atoms with van der Waals surface area (Å²) in [5.74, 6) is 1.10. The van der Waals surface area contributed by atoms with Crippen molar-refractivity contribution < 1.29 is 0 Å². The number of benzene rings is 2. The zero-order valence-electron chi connectivity index (χ0n) is 10.1. The van der Waals surface area contributed by atoms with Crippen LogP contribution in [0.1, 0.15) is 5.82 Å². The van der Waals surface area contributed by atoms with E-state index in [2.05, 4.69) is 36.8 Å². The third-order valence-corrected chi connectivity index (χ3v) is 5.09. The van der Waals surface area contributed by atoms with Gasteiger partial charge in [0.05, 0.1) is 32.1 Å². The van der Waals surface area contributed by atoms with Crippen LogP contribution in [0.4, 0.5) is 0 Å². The molecule has 1 heterocycles. The number of halogens is 4.